The van der Waals surface area contributed by atoms with Crippen LogP contribution in [0.25, 0.3) is 0 Å². The lowest BCUT2D eigenvalue weighted by Crippen LogP contribution is -2.46. The second-order valence-electron chi connectivity index (χ2n) is 22.8. The van der Waals surface area contributed by atoms with Crippen LogP contribution < -0.4 is 5.32 Å². The minimum Gasteiger partial charge on any atom is -0.391 e. The molecule has 3 atom stereocenters. The lowest BCUT2D eigenvalue weighted by atomic mass is 10.0. The van der Waals surface area contributed by atoms with E-state index in [1.807, 2.05) is 21.1 Å². The molecule has 0 saturated heterocycles. The first-order chi connectivity index (χ1) is 33.5. The summed E-state index contributed by atoms with van der Waals surface area (Å²) >= 11 is 0. The molecule has 0 aliphatic carbocycles. The van der Waals surface area contributed by atoms with Crippen LogP contribution in [0.4, 0.5) is 0 Å². The number of rotatable bonds is 58. The quantitative estimate of drug-likeness (QED) is 0.0318. The van der Waals surface area contributed by atoms with Crippen LogP contribution in [0.3, 0.4) is 0 Å². The number of hydrogen-bond donors (Lipinski definition) is 3. The van der Waals surface area contributed by atoms with E-state index in [0.717, 1.165) is 38.5 Å². The Kier molecular flexibility index (Phi) is 52.0. The van der Waals surface area contributed by atoms with Crippen molar-refractivity contribution in [2.24, 2.45) is 0 Å². The summed E-state index contributed by atoms with van der Waals surface area (Å²) in [5.41, 5.74) is 0. The highest BCUT2D eigenvalue weighted by Gasteiger charge is 2.28. The Morgan fingerprint density at radius 1 is 0.435 bits per heavy atom. The average Bonchev–Trinajstić information content (AvgIpc) is 3.31. The van der Waals surface area contributed by atoms with Gasteiger partial charge in [-0.05, 0) is 12.8 Å². The van der Waals surface area contributed by atoms with Gasteiger partial charge in [0, 0.05) is 6.42 Å². The lowest BCUT2D eigenvalue weighted by Gasteiger charge is -2.26. The number of phosphoric ester groups is 1. The van der Waals surface area contributed by atoms with Crippen LogP contribution in [-0.4, -0.2) is 73.4 Å². The molecule has 0 heterocycles. The van der Waals surface area contributed by atoms with Crippen LogP contribution in [-0.2, 0) is 18.4 Å². The smallest absolute Gasteiger partial charge is 0.391 e. The number of quaternary nitrogens is 1. The largest absolute Gasteiger partial charge is 0.472 e. The van der Waals surface area contributed by atoms with E-state index in [0.29, 0.717) is 23.9 Å². The van der Waals surface area contributed by atoms with Crippen LogP contribution in [0.1, 0.15) is 328 Å². The van der Waals surface area contributed by atoms with Crippen LogP contribution in [0.5, 0.6) is 0 Å². The minimum absolute atomic E-state index is 0.0778. The van der Waals surface area contributed by atoms with Gasteiger partial charge in [0.1, 0.15) is 13.2 Å². The van der Waals surface area contributed by atoms with Crippen molar-refractivity contribution in [2.45, 2.75) is 341 Å². The normalized spacial score (nSPS) is 13.8. The van der Waals surface area contributed by atoms with Gasteiger partial charge in [-0.1, -0.05) is 309 Å². The van der Waals surface area contributed by atoms with E-state index in [-0.39, 0.29) is 19.1 Å². The highest BCUT2D eigenvalue weighted by molar-refractivity contribution is 7.47. The molecule has 0 aliphatic rings. The number of carbonyl (C=O) groups is 1. The summed E-state index contributed by atoms with van der Waals surface area (Å²) in [7, 11) is 1.63. The van der Waals surface area contributed by atoms with Gasteiger partial charge in [0.2, 0.25) is 5.91 Å². The second-order valence-corrected chi connectivity index (χ2v) is 24.3. The Balaban J connectivity index is 3.61. The van der Waals surface area contributed by atoms with Gasteiger partial charge in [0.25, 0.3) is 0 Å². The zero-order valence-corrected chi connectivity index (χ0v) is 48.2. The van der Waals surface area contributed by atoms with Crippen molar-refractivity contribution >= 4 is 13.7 Å². The van der Waals surface area contributed by atoms with E-state index in [2.05, 4.69) is 19.2 Å². The van der Waals surface area contributed by atoms with Crippen molar-refractivity contribution in [1.29, 1.82) is 0 Å². The zero-order chi connectivity index (χ0) is 50.6. The Morgan fingerprint density at radius 3 is 0.971 bits per heavy atom. The summed E-state index contributed by atoms with van der Waals surface area (Å²) < 4.78 is 23.6. The van der Waals surface area contributed by atoms with Gasteiger partial charge in [0.05, 0.1) is 39.9 Å². The monoisotopic (exact) mass is 1000 g/mol. The molecule has 9 heteroatoms. The van der Waals surface area contributed by atoms with Crippen LogP contribution in [0.15, 0.2) is 0 Å². The molecule has 0 bridgehead atoms. The van der Waals surface area contributed by atoms with Gasteiger partial charge >= 0.3 is 7.82 Å². The van der Waals surface area contributed by atoms with Crippen LogP contribution in [0, 0.1) is 0 Å². The number of amides is 1. The van der Waals surface area contributed by atoms with Crippen molar-refractivity contribution in [2.75, 3.05) is 40.9 Å². The molecule has 414 valence electrons. The Labute approximate surface area is 431 Å². The van der Waals surface area contributed by atoms with Crippen molar-refractivity contribution in [1.82, 2.24) is 5.32 Å². The van der Waals surface area contributed by atoms with Crippen molar-refractivity contribution in [3.8, 4) is 0 Å². The number of phosphoric acid groups is 1. The molecule has 0 rings (SSSR count). The summed E-state index contributed by atoms with van der Waals surface area (Å²) in [5, 5.41) is 13.8. The summed E-state index contributed by atoms with van der Waals surface area (Å²) in [6.07, 6.45) is 64.0. The van der Waals surface area contributed by atoms with Gasteiger partial charge in [-0.2, -0.15) is 0 Å². The van der Waals surface area contributed by atoms with E-state index in [1.54, 1.807) is 0 Å². The Hall–Kier alpha value is -0.500. The number of unbranched alkanes of at least 4 members (excludes halogenated alkanes) is 45. The molecule has 3 unspecified atom stereocenters. The predicted molar refractivity (Wildman–Crippen MR) is 300 cm³/mol. The molecular formula is C60H124N2O6P+. The molecule has 3 N–H and O–H groups in total. The third kappa shape index (κ3) is 55.1. The van der Waals surface area contributed by atoms with Crippen molar-refractivity contribution in [3.63, 3.8) is 0 Å². The summed E-state index contributed by atoms with van der Waals surface area (Å²) in [5.74, 6) is -0.143. The van der Waals surface area contributed by atoms with Gasteiger partial charge in [-0.25, -0.2) is 4.57 Å². The highest BCUT2D eigenvalue weighted by atomic mass is 31.2. The minimum atomic E-state index is -4.30. The predicted octanol–water partition coefficient (Wildman–Crippen LogP) is 18.8. The third-order valence-corrected chi connectivity index (χ3v) is 15.6. The fourth-order valence-corrected chi connectivity index (χ4v) is 10.5. The molecule has 69 heavy (non-hydrogen) atoms. The fraction of sp³-hybridized carbons (Fsp3) is 0.983. The molecule has 0 aromatic carbocycles. The van der Waals surface area contributed by atoms with Crippen molar-refractivity contribution in [3.05, 3.63) is 0 Å². The number of aliphatic hydroxyl groups is 1. The number of carbonyl (C=O) groups excluding carboxylic acids is 1. The number of likely N-dealkylation sites (N-methyl/N-ethyl adjacent to an activating group) is 1. The standard InChI is InChI=1S/C60H123N2O6P/c1-6-8-10-12-14-15-16-17-18-19-20-21-22-23-24-25-26-27-28-29-30-31-32-33-34-35-36-37-38-39-40-41-42-43-44-45-46-47-48-50-52-54-60(64)61-58(59(63)53-51-49-13-11-9-7-2)57-68-69(65,66)67-56-55-62(3,4)5/h58-59,63H,6-57H2,1-5H3,(H-,61,64,65,66)/p+1. The maximum Gasteiger partial charge on any atom is 0.472 e. The first-order valence-corrected chi connectivity index (χ1v) is 32.4. The number of hydrogen-bond acceptors (Lipinski definition) is 5. The SMILES string of the molecule is CCCCCCCCCCCCCCCCCCCCCCCCCCCCCCCCCCCCCCCCCCCC(=O)NC(COP(=O)(O)OCC[N+](C)(C)C)C(O)CCCCCCCC. The molecule has 0 aromatic rings. The van der Waals surface area contributed by atoms with Crippen molar-refractivity contribution < 1.29 is 32.9 Å². The molecule has 0 radical (unpaired) electrons. The number of aliphatic hydroxyl groups excluding tert-OH is 1. The summed E-state index contributed by atoms with van der Waals surface area (Å²) in [6, 6.07) is -0.752. The molecule has 0 saturated carbocycles. The maximum absolute atomic E-state index is 12.9. The van der Waals surface area contributed by atoms with E-state index in [9.17, 15) is 19.4 Å². The van der Waals surface area contributed by atoms with E-state index < -0.39 is 20.0 Å². The van der Waals surface area contributed by atoms with Crippen LogP contribution in [0.2, 0.25) is 0 Å². The molecule has 0 spiro atoms. The average molecular weight is 1000 g/mol. The zero-order valence-electron chi connectivity index (χ0n) is 47.3. The molecule has 8 nitrogen and oxygen atoms in total. The van der Waals surface area contributed by atoms with Gasteiger partial charge in [-0.3, -0.25) is 13.8 Å². The second kappa shape index (κ2) is 52.4. The maximum atomic E-state index is 12.9. The number of nitrogens with zero attached hydrogens (tertiary/aromatic N) is 1. The van der Waals surface area contributed by atoms with Gasteiger partial charge < -0.3 is 19.8 Å². The summed E-state index contributed by atoms with van der Waals surface area (Å²) in [4.78, 5) is 23.1. The lowest BCUT2D eigenvalue weighted by molar-refractivity contribution is -0.870. The van der Waals surface area contributed by atoms with E-state index in [1.165, 1.54) is 263 Å². The van der Waals surface area contributed by atoms with Gasteiger partial charge in [0.15, 0.2) is 0 Å². The Morgan fingerprint density at radius 2 is 0.696 bits per heavy atom. The van der Waals surface area contributed by atoms with E-state index in [4.69, 9.17) is 9.05 Å². The molecular weight excluding hydrogens is 876 g/mol. The molecule has 0 aliphatic heterocycles. The highest BCUT2D eigenvalue weighted by Crippen LogP contribution is 2.43. The topological polar surface area (TPSA) is 105 Å². The van der Waals surface area contributed by atoms with E-state index >= 15 is 0 Å². The molecule has 0 fully saturated rings. The first-order valence-electron chi connectivity index (χ1n) is 30.9. The number of nitrogens with one attached hydrogen (secondary N) is 1. The fourth-order valence-electron chi connectivity index (χ4n) is 9.76. The Bertz CT molecular complexity index is 1090. The van der Waals surface area contributed by atoms with Crippen LogP contribution >= 0.6 is 7.82 Å². The molecule has 1 amide bonds. The molecule has 0 aromatic heterocycles. The first kappa shape index (κ1) is 68.5. The third-order valence-electron chi connectivity index (χ3n) is 14.6. The van der Waals surface area contributed by atoms with Gasteiger partial charge in [-0.15, -0.1) is 0 Å². The summed E-state index contributed by atoms with van der Waals surface area (Å²) in [6.45, 7) is 4.86.